The predicted molar refractivity (Wildman–Crippen MR) is 119 cm³/mol. The molecule has 144 valence electrons. The Morgan fingerprint density at radius 3 is 2.33 bits per heavy atom. The average Bonchev–Trinajstić information content (AvgIpc) is 2.98. The van der Waals surface area contributed by atoms with E-state index in [-0.39, 0.29) is 0 Å². The topological polar surface area (TPSA) is 41.8 Å². The molecule has 1 heterocycles. The highest BCUT2D eigenvalue weighted by Crippen LogP contribution is 2.37. The molecule has 0 aliphatic heterocycles. The maximum atomic E-state index is 5.77. The first-order valence-electron chi connectivity index (χ1n) is 10.5. The Morgan fingerprint density at radius 1 is 0.926 bits per heavy atom. The van der Waals surface area contributed by atoms with E-state index in [0.717, 1.165) is 32.2 Å². The Labute approximate surface area is 164 Å². The second kappa shape index (κ2) is 8.75. The number of hydrogen-bond acceptors (Lipinski definition) is 1. The fraction of sp³-hybridized carbons (Fsp3) is 0.440. The summed E-state index contributed by atoms with van der Waals surface area (Å²) >= 11 is 0. The zero-order chi connectivity index (χ0) is 19.4. The zero-order valence-electron chi connectivity index (χ0n) is 17.4. The highest BCUT2D eigenvalue weighted by Gasteiger charge is 2.18. The largest absolute Gasteiger partial charge is 0.354 e. The van der Waals surface area contributed by atoms with Gasteiger partial charge in [0.15, 0.2) is 0 Å². The monoisotopic (exact) mass is 362 g/mol. The molecule has 0 spiro atoms. The molecule has 2 aromatic carbocycles. The third-order valence-electron chi connectivity index (χ3n) is 5.64. The second-order valence-corrected chi connectivity index (χ2v) is 7.94. The molecule has 3 rings (SSSR count). The van der Waals surface area contributed by atoms with E-state index in [1.54, 1.807) is 0 Å². The summed E-state index contributed by atoms with van der Waals surface area (Å²) < 4.78 is 0. The summed E-state index contributed by atoms with van der Waals surface area (Å²) in [5.74, 6) is 0. The van der Waals surface area contributed by atoms with Crippen LogP contribution in [0.15, 0.2) is 30.3 Å². The minimum atomic E-state index is 0.766. The van der Waals surface area contributed by atoms with Gasteiger partial charge in [0.2, 0.25) is 0 Å². The fourth-order valence-corrected chi connectivity index (χ4v) is 4.40. The molecule has 2 nitrogen and oxygen atoms in total. The van der Waals surface area contributed by atoms with Crippen LogP contribution < -0.4 is 5.73 Å². The summed E-state index contributed by atoms with van der Waals surface area (Å²) in [7, 11) is 0. The van der Waals surface area contributed by atoms with E-state index in [4.69, 9.17) is 5.73 Å². The van der Waals surface area contributed by atoms with Crippen molar-refractivity contribution in [2.75, 3.05) is 6.54 Å². The van der Waals surface area contributed by atoms with Gasteiger partial charge in [-0.1, -0.05) is 49.2 Å². The van der Waals surface area contributed by atoms with Gasteiger partial charge >= 0.3 is 0 Å². The van der Waals surface area contributed by atoms with E-state index in [1.165, 1.54) is 62.8 Å². The van der Waals surface area contributed by atoms with Crippen LogP contribution in [-0.2, 0) is 12.8 Å². The van der Waals surface area contributed by atoms with Crippen LogP contribution in [0.2, 0.25) is 0 Å². The van der Waals surface area contributed by atoms with Crippen molar-refractivity contribution < 1.29 is 0 Å². The number of fused-ring (bicyclic) bond motifs is 1. The van der Waals surface area contributed by atoms with Crippen LogP contribution in [0.25, 0.3) is 22.2 Å². The fourth-order valence-electron chi connectivity index (χ4n) is 4.40. The van der Waals surface area contributed by atoms with Gasteiger partial charge in [0, 0.05) is 16.5 Å². The average molecular weight is 363 g/mol. The lowest BCUT2D eigenvalue weighted by Gasteiger charge is -2.13. The number of aromatic nitrogens is 1. The van der Waals surface area contributed by atoms with Gasteiger partial charge in [-0.15, -0.1) is 0 Å². The van der Waals surface area contributed by atoms with E-state index in [2.05, 4.69) is 63.0 Å². The van der Waals surface area contributed by atoms with Gasteiger partial charge < -0.3 is 10.7 Å². The number of nitrogens with two attached hydrogens (primary N) is 1. The number of rotatable bonds is 8. The molecular weight excluding hydrogens is 328 g/mol. The van der Waals surface area contributed by atoms with Crippen LogP contribution in [0, 0.1) is 20.8 Å². The van der Waals surface area contributed by atoms with Crippen molar-refractivity contribution in [2.45, 2.75) is 66.2 Å². The summed E-state index contributed by atoms with van der Waals surface area (Å²) in [5, 5.41) is 1.40. The first-order valence-corrected chi connectivity index (χ1v) is 10.5. The third kappa shape index (κ3) is 4.11. The molecule has 0 bridgehead atoms. The lowest BCUT2D eigenvalue weighted by Crippen LogP contribution is -2.00. The van der Waals surface area contributed by atoms with E-state index in [1.807, 2.05) is 0 Å². The summed E-state index contributed by atoms with van der Waals surface area (Å²) in [5.41, 5.74) is 16.8. The number of aromatic amines is 1. The van der Waals surface area contributed by atoms with Crippen molar-refractivity contribution in [2.24, 2.45) is 5.73 Å². The molecule has 0 atom stereocenters. The summed E-state index contributed by atoms with van der Waals surface area (Å²) in [4.78, 5) is 3.85. The third-order valence-corrected chi connectivity index (χ3v) is 5.64. The number of unbranched alkanes of at least 4 members (excludes halogenated alkanes) is 2. The second-order valence-electron chi connectivity index (χ2n) is 7.94. The number of nitrogens with one attached hydrogen (secondary N) is 1. The van der Waals surface area contributed by atoms with Gasteiger partial charge in [-0.25, -0.2) is 0 Å². The van der Waals surface area contributed by atoms with Gasteiger partial charge in [0.1, 0.15) is 0 Å². The van der Waals surface area contributed by atoms with Gasteiger partial charge in [0.25, 0.3) is 0 Å². The van der Waals surface area contributed by atoms with Gasteiger partial charge in [0.05, 0.1) is 5.69 Å². The minimum Gasteiger partial charge on any atom is -0.354 e. The highest BCUT2D eigenvalue weighted by molar-refractivity contribution is 5.94. The van der Waals surface area contributed by atoms with Crippen LogP contribution in [0.4, 0.5) is 0 Å². The zero-order valence-corrected chi connectivity index (χ0v) is 17.4. The molecule has 0 fully saturated rings. The molecule has 0 radical (unpaired) electrons. The maximum absolute atomic E-state index is 5.77. The summed E-state index contributed by atoms with van der Waals surface area (Å²) in [6.45, 7) is 9.69. The van der Waals surface area contributed by atoms with Gasteiger partial charge in [-0.05, 0) is 81.7 Å². The van der Waals surface area contributed by atoms with Crippen molar-refractivity contribution in [1.82, 2.24) is 4.98 Å². The molecule has 0 amide bonds. The molecule has 3 aromatic rings. The van der Waals surface area contributed by atoms with E-state index >= 15 is 0 Å². The van der Waals surface area contributed by atoms with Crippen molar-refractivity contribution in [3.05, 3.63) is 58.1 Å². The number of H-pyrrole nitrogens is 1. The molecule has 0 saturated carbocycles. The Morgan fingerprint density at radius 2 is 1.67 bits per heavy atom. The van der Waals surface area contributed by atoms with Crippen LogP contribution in [-0.4, -0.2) is 11.5 Å². The van der Waals surface area contributed by atoms with Crippen LogP contribution in [0.1, 0.15) is 60.4 Å². The standard InChI is InChI=1S/C25H34N2/c1-5-6-10-20-11-9-13-21-22(12-7-8-14-26)25(27-24(20)21)23-18(3)15-17(2)16-19(23)4/h9,11,13,15-16,27H,5-8,10,12,14,26H2,1-4H3. The molecule has 2 heteroatoms. The normalized spacial score (nSPS) is 11.4. The smallest absolute Gasteiger partial charge is 0.0502 e. The quantitative estimate of drug-likeness (QED) is 0.448. The Hall–Kier alpha value is -2.06. The van der Waals surface area contributed by atoms with Crippen molar-refractivity contribution in [3.63, 3.8) is 0 Å². The SMILES string of the molecule is CCCCc1cccc2c(CCCCN)c(-c3c(C)cc(C)cc3C)[nH]c12. The molecule has 0 aliphatic rings. The molecule has 0 saturated heterocycles. The van der Waals surface area contributed by atoms with Crippen molar-refractivity contribution >= 4 is 10.9 Å². The first kappa shape index (κ1) is 19.7. The molecule has 0 aliphatic carbocycles. The summed E-state index contributed by atoms with van der Waals surface area (Å²) in [6, 6.07) is 11.4. The minimum absolute atomic E-state index is 0.766. The van der Waals surface area contributed by atoms with Crippen molar-refractivity contribution in [1.29, 1.82) is 0 Å². The van der Waals surface area contributed by atoms with Crippen molar-refractivity contribution in [3.8, 4) is 11.3 Å². The molecule has 27 heavy (non-hydrogen) atoms. The molecule has 1 aromatic heterocycles. The van der Waals surface area contributed by atoms with E-state index < -0.39 is 0 Å². The van der Waals surface area contributed by atoms with Gasteiger partial charge in [-0.2, -0.15) is 0 Å². The highest BCUT2D eigenvalue weighted by atomic mass is 14.7. The first-order chi connectivity index (χ1) is 13.1. The Bertz CT molecular complexity index is 894. The number of aryl methyl sites for hydroxylation is 5. The van der Waals surface area contributed by atoms with Crippen LogP contribution in [0.5, 0.6) is 0 Å². The molecular formula is C25H34N2. The Balaban J connectivity index is 2.19. The van der Waals surface area contributed by atoms with E-state index in [9.17, 15) is 0 Å². The molecule has 0 unspecified atom stereocenters. The number of benzene rings is 2. The molecule has 3 N–H and O–H groups in total. The lowest BCUT2D eigenvalue weighted by atomic mass is 9.93. The lowest BCUT2D eigenvalue weighted by molar-refractivity contribution is 0.748. The van der Waals surface area contributed by atoms with E-state index in [0.29, 0.717) is 0 Å². The predicted octanol–water partition coefficient (Wildman–Crippen LogP) is 6.38. The number of para-hydroxylation sites is 1. The number of hydrogen-bond donors (Lipinski definition) is 2. The Kier molecular flexibility index (Phi) is 6.38. The van der Waals surface area contributed by atoms with Crippen LogP contribution in [0.3, 0.4) is 0 Å². The maximum Gasteiger partial charge on any atom is 0.0502 e. The van der Waals surface area contributed by atoms with Crippen LogP contribution >= 0.6 is 0 Å². The summed E-state index contributed by atoms with van der Waals surface area (Å²) in [6.07, 6.45) is 6.90. The van der Waals surface area contributed by atoms with Gasteiger partial charge in [-0.3, -0.25) is 0 Å².